The van der Waals surface area contributed by atoms with Gasteiger partial charge in [-0.05, 0) is 37.1 Å². The van der Waals surface area contributed by atoms with E-state index in [0.29, 0.717) is 36.6 Å². The first-order chi connectivity index (χ1) is 14.1. The molecule has 3 aromatic rings. The summed E-state index contributed by atoms with van der Waals surface area (Å²) >= 11 is 6.51. The number of aromatic nitrogens is 3. The Morgan fingerprint density at radius 1 is 0.966 bits per heavy atom. The van der Waals surface area contributed by atoms with Crippen molar-refractivity contribution in [3.05, 3.63) is 41.7 Å². The highest BCUT2D eigenvalue weighted by Gasteiger charge is 2.24. The van der Waals surface area contributed by atoms with Gasteiger partial charge in [-0.15, -0.1) is 0 Å². The maximum atomic E-state index is 13.6. The van der Waals surface area contributed by atoms with Crippen molar-refractivity contribution in [2.75, 3.05) is 36.0 Å². The number of alkyl halides is 1. The second kappa shape index (κ2) is 7.39. The van der Waals surface area contributed by atoms with E-state index in [4.69, 9.17) is 16.6 Å². The summed E-state index contributed by atoms with van der Waals surface area (Å²) in [6, 6.07) is 7.69. The summed E-state index contributed by atoms with van der Waals surface area (Å²) in [7, 11) is 0. The van der Waals surface area contributed by atoms with Gasteiger partial charge in [-0.3, -0.25) is 4.98 Å². The molecule has 1 N–H and O–H groups in total. The van der Waals surface area contributed by atoms with Gasteiger partial charge in [0.1, 0.15) is 23.3 Å². The van der Waals surface area contributed by atoms with Crippen LogP contribution < -0.4 is 9.80 Å². The Morgan fingerprint density at radius 3 is 2.45 bits per heavy atom. The number of anilines is 2. The fraction of sp³-hybridized carbons (Fsp3) is 0.381. The molecular formula is C21H21ClFN5O. The van der Waals surface area contributed by atoms with Crippen LogP contribution in [0, 0.1) is 0 Å². The number of rotatable bonds is 3. The SMILES string of the molecule is OC1CCN(c2ccc(-c3c(Cl)cnc4ccc(N5CCC(F)C5)nc34)cn2)C1. The lowest BCUT2D eigenvalue weighted by atomic mass is 10.1. The van der Waals surface area contributed by atoms with Gasteiger partial charge < -0.3 is 14.9 Å². The highest BCUT2D eigenvalue weighted by molar-refractivity contribution is 6.34. The van der Waals surface area contributed by atoms with Crippen molar-refractivity contribution in [2.45, 2.75) is 25.1 Å². The molecule has 0 spiro atoms. The van der Waals surface area contributed by atoms with E-state index in [1.807, 2.05) is 29.2 Å². The molecule has 150 valence electrons. The molecule has 5 rings (SSSR count). The zero-order valence-corrected chi connectivity index (χ0v) is 16.6. The van der Waals surface area contributed by atoms with E-state index in [0.717, 1.165) is 41.2 Å². The van der Waals surface area contributed by atoms with Gasteiger partial charge in [0.25, 0.3) is 0 Å². The second-order valence-electron chi connectivity index (χ2n) is 7.64. The minimum absolute atomic E-state index is 0.299. The number of nitrogens with zero attached hydrogens (tertiary/aromatic N) is 5. The Balaban J connectivity index is 1.54. The van der Waals surface area contributed by atoms with E-state index in [1.165, 1.54) is 0 Å². The van der Waals surface area contributed by atoms with E-state index in [9.17, 15) is 9.50 Å². The van der Waals surface area contributed by atoms with Crippen LogP contribution in [0.1, 0.15) is 12.8 Å². The average Bonchev–Trinajstić information content (AvgIpc) is 3.36. The molecule has 2 unspecified atom stereocenters. The third kappa shape index (κ3) is 3.49. The number of aliphatic hydroxyl groups excluding tert-OH is 1. The summed E-state index contributed by atoms with van der Waals surface area (Å²) in [4.78, 5) is 17.8. The molecule has 0 amide bonds. The first-order valence-corrected chi connectivity index (χ1v) is 10.2. The zero-order chi connectivity index (χ0) is 20.0. The van der Waals surface area contributed by atoms with Gasteiger partial charge in [0.2, 0.25) is 0 Å². The Hall–Kier alpha value is -2.51. The molecule has 2 aliphatic heterocycles. The standard InChI is InChI=1S/C21H21ClFN5O/c22-16-10-24-17-2-4-19(27-7-5-14(23)11-27)26-21(17)20(16)13-1-3-18(25-9-13)28-8-6-15(29)12-28/h1-4,9-10,14-15,29H,5-8,11-12H2. The molecule has 29 heavy (non-hydrogen) atoms. The fourth-order valence-electron chi connectivity index (χ4n) is 4.08. The van der Waals surface area contributed by atoms with Crippen molar-refractivity contribution < 1.29 is 9.50 Å². The number of fused-ring (bicyclic) bond motifs is 1. The Bertz CT molecular complexity index is 1050. The summed E-state index contributed by atoms with van der Waals surface area (Å²) in [6.45, 7) is 2.41. The second-order valence-corrected chi connectivity index (χ2v) is 8.05. The highest BCUT2D eigenvalue weighted by atomic mass is 35.5. The molecule has 0 aliphatic carbocycles. The summed E-state index contributed by atoms with van der Waals surface area (Å²) in [6.07, 6.45) is 3.57. The lowest BCUT2D eigenvalue weighted by molar-refractivity contribution is 0.198. The monoisotopic (exact) mass is 413 g/mol. The summed E-state index contributed by atoms with van der Waals surface area (Å²) < 4.78 is 13.6. The van der Waals surface area contributed by atoms with Crippen LogP contribution in [-0.4, -0.2) is 58.5 Å². The van der Waals surface area contributed by atoms with E-state index in [1.54, 1.807) is 12.4 Å². The van der Waals surface area contributed by atoms with Gasteiger partial charge in [0.05, 0.1) is 23.2 Å². The van der Waals surface area contributed by atoms with Crippen LogP contribution in [0.25, 0.3) is 22.2 Å². The Morgan fingerprint density at radius 2 is 1.76 bits per heavy atom. The predicted molar refractivity (Wildman–Crippen MR) is 112 cm³/mol. The number of hydrogen-bond donors (Lipinski definition) is 1. The van der Waals surface area contributed by atoms with E-state index in [-0.39, 0.29) is 6.10 Å². The van der Waals surface area contributed by atoms with Crippen molar-refractivity contribution in [1.29, 1.82) is 0 Å². The molecule has 0 aromatic carbocycles. The summed E-state index contributed by atoms with van der Waals surface area (Å²) in [5.41, 5.74) is 3.04. The number of β-amino-alcohol motifs (C(OH)–C–C–N with tert-alkyl or cyclic N) is 1. The largest absolute Gasteiger partial charge is 0.391 e. The molecule has 3 aromatic heterocycles. The van der Waals surface area contributed by atoms with Crippen LogP contribution in [0.4, 0.5) is 16.0 Å². The van der Waals surface area contributed by atoms with E-state index < -0.39 is 6.17 Å². The average molecular weight is 414 g/mol. The molecule has 2 aliphatic rings. The third-order valence-corrected chi connectivity index (χ3v) is 5.92. The molecule has 5 heterocycles. The lowest BCUT2D eigenvalue weighted by Crippen LogP contribution is -2.22. The highest BCUT2D eigenvalue weighted by Crippen LogP contribution is 2.35. The quantitative estimate of drug-likeness (QED) is 0.709. The molecule has 0 bridgehead atoms. The third-order valence-electron chi connectivity index (χ3n) is 5.63. The maximum absolute atomic E-state index is 13.6. The van der Waals surface area contributed by atoms with Crippen molar-refractivity contribution in [3.8, 4) is 11.1 Å². The number of hydrogen-bond acceptors (Lipinski definition) is 6. The van der Waals surface area contributed by atoms with Crippen LogP contribution in [0.3, 0.4) is 0 Å². The van der Waals surface area contributed by atoms with Gasteiger partial charge in [0.15, 0.2) is 0 Å². The van der Waals surface area contributed by atoms with Crippen LogP contribution in [0.5, 0.6) is 0 Å². The van der Waals surface area contributed by atoms with Gasteiger partial charge in [-0.25, -0.2) is 14.4 Å². The van der Waals surface area contributed by atoms with Crippen molar-refractivity contribution in [2.24, 2.45) is 0 Å². The van der Waals surface area contributed by atoms with Crippen molar-refractivity contribution >= 4 is 34.3 Å². The minimum atomic E-state index is -0.815. The molecule has 0 radical (unpaired) electrons. The Labute approximate surface area is 173 Å². The van der Waals surface area contributed by atoms with Gasteiger partial charge >= 0.3 is 0 Å². The van der Waals surface area contributed by atoms with Crippen LogP contribution >= 0.6 is 11.6 Å². The molecular weight excluding hydrogens is 393 g/mol. The van der Waals surface area contributed by atoms with Crippen LogP contribution in [-0.2, 0) is 0 Å². The molecule has 2 saturated heterocycles. The molecule has 8 heteroatoms. The summed E-state index contributed by atoms with van der Waals surface area (Å²) in [5, 5.41) is 10.2. The molecule has 2 atom stereocenters. The van der Waals surface area contributed by atoms with Gasteiger partial charge in [0, 0.05) is 43.2 Å². The van der Waals surface area contributed by atoms with Crippen molar-refractivity contribution in [1.82, 2.24) is 15.0 Å². The minimum Gasteiger partial charge on any atom is -0.391 e. The van der Waals surface area contributed by atoms with Gasteiger partial charge in [-0.2, -0.15) is 0 Å². The van der Waals surface area contributed by atoms with Crippen LogP contribution in [0.15, 0.2) is 36.7 Å². The fourth-order valence-corrected chi connectivity index (χ4v) is 4.33. The molecule has 0 saturated carbocycles. The summed E-state index contributed by atoms with van der Waals surface area (Å²) in [5.74, 6) is 1.57. The zero-order valence-electron chi connectivity index (χ0n) is 15.8. The number of aliphatic hydroxyl groups is 1. The lowest BCUT2D eigenvalue weighted by Gasteiger charge is -2.18. The molecule has 6 nitrogen and oxygen atoms in total. The van der Waals surface area contributed by atoms with Crippen molar-refractivity contribution in [3.63, 3.8) is 0 Å². The smallest absolute Gasteiger partial charge is 0.129 e. The maximum Gasteiger partial charge on any atom is 0.129 e. The number of pyridine rings is 3. The van der Waals surface area contributed by atoms with E-state index in [2.05, 4.69) is 14.9 Å². The normalized spacial score (nSPS) is 22.0. The van der Waals surface area contributed by atoms with Crippen LogP contribution in [0.2, 0.25) is 5.02 Å². The molecule has 2 fully saturated rings. The number of halogens is 2. The topological polar surface area (TPSA) is 65.4 Å². The van der Waals surface area contributed by atoms with Gasteiger partial charge in [-0.1, -0.05) is 11.6 Å². The first-order valence-electron chi connectivity index (χ1n) is 9.82. The predicted octanol–water partition coefficient (Wildman–Crippen LogP) is 3.46. The Kier molecular flexibility index (Phi) is 4.72. The first kappa shape index (κ1) is 18.5. The van der Waals surface area contributed by atoms with E-state index >= 15 is 0 Å².